The van der Waals surface area contributed by atoms with E-state index in [9.17, 15) is 39.6 Å². The van der Waals surface area contributed by atoms with Crippen molar-refractivity contribution in [1.29, 1.82) is 0 Å². The van der Waals surface area contributed by atoms with Crippen LogP contribution < -0.4 is 0 Å². The Hall–Kier alpha value is -2.12. The highest BCUT2D eigenvalue weighted by Crippen LogP contribution is 2.60. The molecule has 7 atom stereocenters. The van der Waals surface area contributed by atoms with Gasteiger partial charge in [-0.05, 0) is 24.2 Å². The van der Waals surface area contributed by atoms with Crippen molar-refractivity contribution in [3.8, 4) is 0 Å². The molecule has 0 bridgehead atoms. The number of carboxylic acid groups (broad SMARTS) is 4. The molecule has 0 aromatic rings. The Morgan fingerprint density at radius 3 is 1.68 bits per heavy atom. The Bertz CT molecular complexity index is 515. The molecule has 0 heterocycles. The SMILES string of the molecule is CCC1C(C(=O)O)C(C(=O)O)CC2C(C(=O)O)C(C(=O)O)C12. The van der Waals surface area contributed by atoms with Crippen LogP contribution in [0.2, 0.25) is 0 Å². The molecule has 0 spiro atoms. The van der Waals surface area contributed by atoms with Crippen molar-refractivity contribution in [3.05, 3.63) is 0 Å². The normalized spacial score (nSPS) is 40.1. The van der Waals surface area contributed by atoms with Gasteiger partial charge in [0.05, 0.1) is 23.7 Å². The molecule has 0 saturated heterocycles. The Labute approximate surface area is 125 Å². The van der Waals surface area contributed by atoms with E-state index in [1.54, 1.807) is 6.92 Å². The van der Waals surface area contributed by atoms with Gasteiger partial charge in [0.25, 0.3) is 0 Å². The van der Waals surface area contributed by atoms with Crippen molar-refractivity contribution in [1.82, 2.24) is 0 Å². The van der Waals surface area contributed by atoms with Crippen LogP contribution in [0.4, 0.5) is 0 Å². The van der Waals surface area contributed by atoms with Crippen molar-refractivity contribution < 1.29 is 39.6 Å². The van der Waals surface area contributed by atoms with Gasteiger partial charge in [-0.3, -0.25) is 19.2 Å². The number of carbonyl (C=O) groups is 4. The van der Waals surface area contributed by atoms with E-state index in [1.807, 2.05) is 0 Å². The number of carboxylic acids is 4. The van der Waals surface area contributed by atoms with Gasteiger partial charge in [0.1, 0.15) is 0 Å². The Kier molecular flexibility index (Phi) is 4.12. The molecular formula is C14H18O8. The van der Waals surface area contributed by atoms with Crippen LogP contribution in [0.15, 0.2) is 0 Å². The molecule has 0 radical (unpaired) electrons. The number of rotatable bonds is 5. The summed E-state index contributed by atoms with van der Waals surface area (Å²) in [6.45, 7) is 1.68. The maximum Gasteiger partial charge on any atom is 0.307 e. The first-order chi connectivity index (χ1) is 10.2. The van der Waals surface area contributed by atoms with Crippen molar-refractivity contribution >= 4 is 23.9 Å². The van der Waals surface area contributed by atoms with Crippen LogP contribution in [0, 0.1) is 41.4 Å². The van der Waals surface area contributed by atoms with Crippen molar-refractivity contribution in [3.63, 3.8) is 0 Å². The van der Waals surface area contributed by atoms with E-state index in [1.165, 1.54) is 0 Å². The largest absolute Gasteiger partial charge is 0.481 e. The highest BCUT2D eigenvalue weighted by Gasteiger charge is 2.65. The molecule has 22 heavy (non-hydrogen) atoms. The molecular weight excluding hydrogens is 296 g/mol. The predicted molar refractivity (Wildman–Crippen MR) is 69.9 cm³/mol. The summed E-state index contributed by atoms with van der Waals surface area (Å²) in [6, 6.07) is 0. The van der Waals surface area contributed by atoms with E-state index in [4.69, 9.17) is 0 Å². The number of hydrogen-bond acceptors (Lipinski definition) is 4. The second-order valence-electron chi connectivity index (χ2n) is 6.09. The first kappa shape index (κ1) is 16.3. The Balaban J connectivity index is 2.42. The third-order valence-corrected chi connectivity index (χ3v) is 5.32. The molecule has 2 aliphatic carbocycles. The summed E-state index contributed by atoms with van der Waals surface area (Å²) >= 11 is 0. The summed E-state index contributed by atoms with van der Waals surface area (Å²) in [5.41, 5.74) is 0. The number of aliphatic carboxylic acids is 4. The molecule has 4 N–H and O–H groups in total. The van der Waals surface area contributed by atoms with Crippen LogP contribution in [0.5, 0.6) is 0 Å². The van der Waals surface area contributed by atoms with Crippen LogP contribution in [-0.4, -0.2) is 44.3 Å². The molecule has 0 aromatic heterocycles. The lowest BCUT2D eigenvalue weighted by atomic mass is 9.44. The topological polar surface area (TPSA) is 149 Å². The van der Waals surface area contributed by atoms with Gasteiger partial charge in [0.15, 0.2) is 0 Å². The minimum atomic E-state index is -1.27. The van der Waals surface area contributed by atoms with E-state index in [0.29, 0.717) is 6.42 Å². The first-order valence-electron chi connectivity index (χ1n) is 7.13. The van der Waals surface area contributed by atoms with Gasteiger partial charge in [-0.2, -0.15) is 0 Å². The molecule has 122 valence electrons. The summed E-state index contributed by atoms with van der Waals surface area (Å²) in [7, 11) is 0. The molecule has 0 aliphatic heterocycles. The van der Waals surface area contributed by atoms with Crippen LogP contribution in [-0.2, 0) is 19.2 Å². The minimum absolute atomic E-state index is 0.103. The number of hydrogen-bond donors (Lipinski definition) is 4. The standard InChI is InChI=1S/C14H18O8/c1-2-4-7-5(9(13(19)20)10(7)14(21)22)3-6(11(15)16)8(4)12(17)18/h4-10H,2-3H2,1H3,(H,15,16)(H,17,18)(H,19,20)(H,21,22). The highest BCUT2D eigenvalue weighted by molar-refractivity contribution is 5.85. The third-order valence-electron chi connectivity index (χ3n) is 5.32. The highest BCUT2D eigenvalue weighted by atomic mass is 16.4. The molecule has 8 nitrogen and oxygen atoms in total. The molecule has 2 fully saturated rings. The molecule has 2 rings (SSSR count). The monoisotopic (exact) mass is 314 g/mol. The molecule has 0 amide bonds. The van der Waals surface area contributed by atoms with Gasteiger partial charge in [-0.15, -0.1) is 0 Å². The van der Waals surface area contributed by atoms with Gasteiger partial charge < -0.3 is 20.4 Å². The summed E-state index contributed by atoms with van der Waals surface area (Å²) in [6.07, 6.45) is 0.201. The fourth-order valence-electron chi connectivity index (χ4n) is 4.52. The summed E-state index contributed by atoms with van der Waals surface area (Å²) < 4.78 is 0. The van der Waals surface area contributed by atoms with Crippen LogP contribution in [0.3, 0.4) is 0 Å². The Morgan fingerprint density at radius 2 is 1.32 bits per heavy atom. The summed E-state index contributed by atoms with van der Waals surface area (Å²) in [4.78, 5) is 45.5. The van der Waals surface area contributed by atoms with Crippen LogP contribution in [0.25, 0.3) is 0 Å². The quantitative estimate of drug-likeness (QED) is 0.572. The van der Waals surface area contributed by atoms with E-state index in [2.05, 4.69) is 0 Å². The average Bonchev–Trinajstić information content (AvgIpc) is 2.36. The first-order valence-corrected chi connectivity index (χ1v) is 7.13. The molecule has 2 saturated carbocycles. The van der Waals surface area contributed by atoms with Gasteiger partial charge >= 0.3 is 23.9 Å². The second-order valence-corrected chi connectivity index (χ2v) is 6.09. The van der Waals surface area contributed by atoms with E-state index >= 15 is 0 Å². The zero-order chi connectivity index (χ0) is 16.8. The maximum absolute atomic E-state index is 11.5. The van der Waals surface area contributed by atoms with Gasteiger partial charge in [0, 0.05) is 0 Å². The smallest absolute Gasteiger partial charge is 0.307 e. The lowest BCUT2D eigenvalue weighted by molar-refractivity contribution is -0.199. The molecule has 7 unspecified atom stereocenters. The molecule has 2 aliphatic rings. The fourth-order valence-corrected chi connectivity index (χ4v) is 4.52. The Morgan fingerprint density at radius 1 is 0.818 bits per heavy atom. The average molecular weight is 314 g/mol. The van der Waals surface area contributed by atoms with E-state index in [0.717, 1.165) is 0 Å². The van der Waals surface area contributed by atoms with E-state index in [-0.39, 0.29) is 6.42 Å². The van der Waals surface area contributed by atoms with Crippen LogP contribution in [0.1, 0.15) is 19.8 Å². The van der Waals surface area contributed by atoms with Gasteiger partial charge in [-0.25, -0.2) is 0 Å². The van der Waals surface area contributed by atoms with Crippen LogP contribution >= 0.6 is 0 Å². The lowest BCUT2D eigenvalue weighted by Crippen LogP contribution is -2.63. The minimum Gasteiger partial charge on any atom is -0.481 e. The van der Waals surface area contributed by atoms with Crippen molar-refractivity contribution in [2.75, 3.05) is 0 Å². The van der Waals surface area contributed by atoms with Crippen molar-refractivity contribution in [2.24, 2.45) is 41.4 Å². The van der Waals surface area contributed by atoms with Gasteiger partial charge in [0.2, 0.25) is 0 Å². The van der Waals surface area contributed by atoms with E-state index < -0.39 is 65.3 Å². The number of fused-ring (bicyclic) bond motifs is 1. The summed E-state index contributed by atoms with van der Waals surface area (Å²) in [5.74, 6) is -11.5. The third kappa shape index (κ3) is 2.22. The zero-order valence-corrected chi connectivity index (χ0v) is 11.9. The molecule has 0 aromatic carbocycles. The molecule has 8 heteroatoms. The predicted octanol–water partition coefficient (Wildman–Crippen LogP) is 0.465. The van der Waals surface area contributed by atoms with Gasteiger partial charge in [-0.1, -0.05) is 13.3 Å². The lowest BCUT2D eigenvalue weighted by Gasteiger charge is -2.57. The zero-order valence-electron chi connectivity index (χ0n) is 11.9. The summed E-state index contributed by atoms with van der Waals surface area (Å²) in [5, 5.41) is 37.1. The van der Waals surface area contributed by atoms with Crippen molar-refractivity contribution in [2.45, 2.75) is 19.8 Å². The fraction of sp³-hybridized carbons (Fsp3) is 0.714. The second kappa shape index (κ2) is 5.58. The maximum atomic E-state index is 11.5.